The fourth-order valence-corrected chi connectivity index (χ4v) is 3.64. The number of hydrogen-bond donors (Lipinski definition) is 2. The van der Waals surface area contributed by atoms with Gasteiger partial charge in [0.2, 0.25) is 0 Å². The number of para-hydroxylation sites is 1. The van der Waals surface area contributed by atoms with Crippen LogP contribution in [0, 0.1) is 0 Å². The van der Waals surface area contributed by atoms with Crippen LogP contribution < -0.4 is 15.8 Å². The van der Waals surface area contributed by atoms with Crippen molar-refractivity contribution in [2.24, 2.45) is 0 Å². The van der Waals surface area contributed by atoms with Gasteiger partial charge in [-0.05, 0) is 54.5 Å². The molecule has 0 fully saturated rings. The quantitative estimate of drug-likeness (QED) is 0.272. The number of aromatic nitrogens is 4. The van der Waals surface area contributed by atoms with Gasteiger partial charge in [-0.3, -0.25) is 10.2 Å². The van der Waals surface area contributed by atoms with Crippen LogP contribution in [0.4, 0.5) is 16.4 Å². The number of carbonyl (C=O) groups excluding carboxylic acids is 2. The maximum Gasteiger partial charge on any atom is 0.408 e. The van der Waals surface area contributed by atoms with Crippen LogP contribution in [0.1, 0.15) is 31.9 Å². The molecule has 0 aliphatic rings. The van der Waals surface area contributed by atoms with E-state index in [9.17, 15) is 9.59 Å². The Morgan fingerprint density at radius 2 is 1.50 bits per heavy atom. The second-order valence-corrected chi connectivity index (χ2v) is 9.95. The summed E-state index contributed by atoms with van der Waals surface area (Å²) in [6.45, 7) is 5.94. The third-order valence-electron chi connectivity index (χ3n) is 5.63. The van der Waals surface area contributed by atoms with Gasteiger partial charge in [0, 0.05) is 0 Å². The van der Waals surface area contributed by atoms with Crippen LogP contribution in [0.15, 0.2) is 91.0 Å². The number of amides is 2. The van der Waals surface area contributed by atoms with Crippen LogP contribution in [0.25, 0.3) is 0 Å². The van der Waals surface area contributed by atoms with Crippen LogP contribution in [-0.4, -0.2) is 50.5 Å². The van der Waals surface area contributed by atoms with E-state index in [1.165, 1.54) is 5.01 Å². The molecular weight excluding hydrogens is 510 g/mol. The number of hydrazine groups is 1. The molecule has 1 aromatic heterocycles. The minimum absolute atomic E-state index is 0.0611. The smallest absolute Gasteiger partial charge is 0.408 e. The largest absolute Gasteiger partial charge is 0.445 e. The summed E-state index contributed by atoms with van der Waals surface area (Å²) in [5.41, 5.74) is 4.73. The first kappa shape index (κ1) is 28.2. The number of carbonyl (C=O) groups is 2. The van der Waals surface area contributed by atoms with E-state index in [-0.39, 0.29) is 19.2 Å². The van der Waals surface area contributed by atoms with Crippen LogP contribution in [0.3, 0.4) is 0 Å². The maximum absolute atomic E-state index is 13.6. The van der Waals surface area contributed by atoms with Crippen molar-refractivity contribution in [3.05, 3.63) is 102 Å². The minimum atomic E-state index is -1.08. The molecule has 208 valence electrons. The Bertz CT molecular complexity index is 1360. The number of tetrazole rings is 1. The topological polar surface area (TPSA) is 124 Å². The average Bonchev–Trinajstić information content (AvgIpc) is 3.41. The summed E-state index contributed by atoms with van der Waals surface area (Å²) in [7, 11) is 0. The molecule has 0 unspecified atom stereocenters. The van der Waals surface area contributed by atoms with Gasteiger partial charge >= 0.3 is 6.09 Å². The third kappa shape index (κ3) is 8.37. The third-order valence-corrected chi connectivity index (χ3v) is 5.63. The fourth-order valence-electron chi connectivity index (χ4n) is 3.64. The highest BCUT2D eigenvalue weighted by molar-refractivity contribution is 5.87. The van der Waals surface area contributed by atoms with E-state index >= 15 is 0 Å². The van der Waals surface area contributed by atoms with Crippen molar-refractivity contribution in [1.82, 2.24) is 30.9 Å². The average molecular weight is 544 g/mol. The zero-order chi connectivity index (χ0) is 28.4. The van der Waals surface area contributed by atoms with Crippen molar-refractivity contribution >= 4 is 23.6 Å². The summed E-state index contributed by atoms with van der Waals surface area (Å²) in [5, 5.41) is 16.3. The van der Waals surface area contributed by atoms with E-state index in [4.69, 9.17) is 9.47 Å². The monoisotopic (exact) mass is 543 g/mol. The van der Waals surface area contributed by atoms with Crippen molar-refractivity contribution in [1.29, 1.82) is 0 Å². The molecule has 11 nitrogen and oxygen atoms in total. The van der Waals surface area contributed by atoms with Gasteiger partial charge in [0.05, 0.1) is 24.4 Å². The fraction of sp³-hybridized carbons (Fsp3) is 0.276. The molecule has 11 heteroatoms. The number of hydrogen-bond acceptors (Lipinski definition) is 8. The Hall–Kier alpha value is -4.77. The highest BCUT2D eigenvalue weighted by Gasteiger charge is 2.28. The Labute approximate surface area is 233 Å². The van der Waals surface area contributed by atoms with Crippen molar-refractivity contribution in [2.75, 3.05) is 11.6 Å². The summed E-state index contributed by atoms with van der Waals surface area (Å²) < 4.78 is 12.8. The van der Waals surface area contributed by atoms with E-state index in [0.717, 1.165) is 11.1 Å². The standard InChI is InChI=1S/C29H33N7O4/c1-29(2,3)40-21-25(30-28(38)39-20-23-15-9-5-10-16-23)26(37)32-36(24-17-11-6-12-18-24)27-31-33-34-35(27)19-22-13-7-4-8-14-22/h4-18,25H,19-21H2,1-3H3,(H,30,38)(H,32,37)/t25-/m0/s1. The van der Waals surface area contributed by atoms with Gasteiger partial charge in [-0.2, -0.15) is 0 Å². The molecule has 4 rings (SSSR count). The van der Waals surface area contributed by atoms with Gasteiger partial charge in [-0.25, -0.2) is 14.5 Å². The predicted molar refractivity (Wildman–Crippen MR) is 149 cm³/mol. The lowest BCUT2D eigenvalue weighted by molar-refractivity contribution is -0.126. The first-order valence-electron chi connectivity index (χ1n) is 12.9. The van der Waals surface area contributed by atoms with Crippen molar-refractivity contribution < 1.29 is 19.1 Å². The Morgan fingerprint density at radius 1 is 0.900 bits per heavy atom. The highest BCUT2D eigenvalue weighted by Crippen LogP contribution is 2.21. The van der Waals surface area contributed by atoms with Crippen LogP contribution in [0.2, 0.25) is 0 Å². The molecule has 0 aliphatic heterocycles. The van der Waals surface area contributed by atoms with Crippen LogP contribution in [0.5, 0.6) is 0 Å². The van der Waals surface area contributed by atoms with Crippen molar-refractivity contribution in [3.63, 3.8) is 0 Å². The van der Waals surface area contributed by atoms with E-state index in [1.807, 2.05) is 112 Å². The first-order valence-corrected chi connectivity index (χ1v) is 12.9. The molecule has 1 atom stereocenters. The lowest BCUT2D eigenvalue weighted by atomic mass is 10.2. The Kier molecular flexibility index (Phi) is 9.42. The summed E-state index contributed by atoms with van der Waals surface area (Å²) in [4.78, 5) is 26.3. The molecule has 2 amide bonds. The number of ether oxygens (including phenoxy) is 2. The molecule has 2 N–H and O–H groups in total. The number of rotatable bonds is 11. The summed E-state index contributed by atoms with van der Waals surface area (Å²) in [5.74, 6) is -0.260. The van der Waals surface area contributed by atoms with Crippen molar-refractivity contribution in [3.8, 4) is 0 Å². The zero-order valence-electron chi connectivity index (χ0n) is 22.7. The van der Waals surface area contributed by atoms with Crippen molar-refractivity contribution in [2.45, 2.75) is 45.6 Å². The number of alkyl carbamates (subject to hydrolysis) is 1. The number of nitrogens with one attached hydrogen (secondary N) is 2. The number of nitrogens with zero attached hydrogens (tertiary/aromatic N) is 5. The molecule has 0 bridgehead atoms. The molecule has 3 aromatic carbocycles. The maximum atomic E-state index is 13.6. The van der Waals surface area contributed by atoms with E-state index in [1.54, 1.807) is 4.68 Å². The second kappa shape index (κ2) is 13.3. The minimum Gasteiger partial charge on any atom is -0.445 e. The Balaban J connectivity index is 1.54. The van der Waals surface area contributed by atoms with Gasteiger partial charge in [0.15, 0.2) is 0 Å². The summed E-state index contributed by atoms with van der Waals surface area (Å²) >= 11 is 0. The van der Waals surface area contributed by atoms with Crippen LogP contribution >= 0.6 is 0 Å². The molecule has 40 heavy (non-hydrogen) atoms. The van der Waals surface area contributed by atoms with E-state index < -0.39 is 23.6 Å². The number of benzene rings is 3. The molecule has 4 aromatic rings. The summed E-state index contributed by atoms with van der Waals surface area (Å²) in [6.07, 6.45) is -0.748. The molecular formula is C29H33N7O4. The molecule has 0 radical (unpaired) electrons. The molecule has 0 aliphatic carbocycles. The second-order valence-electron chi connectivity index (χ2n) is 9.95. The van der Waals surface area contributed by atoms with Crippen LogP contribution in [-0.2, 0) is 27.4 Å². The number of anilines is 2. The van der Waals surface area contributed by atoms with Gasteiger partial charge in [-0.1, -0.05) is 84.0 Å². The van der Waals surface area contributed by atoms with Gasteiger partial charge < -0.3 is 14.8 Å². The molecule has 0 saturated heterocycles. The van der Waals surface area contributed by atoms with E-state index in [0.29, 0.717) is 12.2 Å². The lowest BCUT2D eigenvalue weighted by Crippen LogP contribution is -2.54. The first-order chi connectivity index (χ1) is 19.3. The van der Waals surface area contributed by atoms with E-state index in [2.05, 4.69) is 26.3 Å². The summed E-state index contributed by atoms with van der Waals surface area (Å²) in [6, 6.07) is 27.1. The molecule has 0 spiro atoms. The highest BCUT2D eigenvalue weighted by atomic mass is 16.5. The predicted octanol–water partition coefficient (Wildman–Crippen LogP) is 4.00. The normalized spacial score (nSPS) is 11.9. The van der Waals surface area contributed by atoms with Gasteiger partial charge in [0.1, 0.15) is 12.6 Å². The SMILES string of the molecule is CC(C)(C)OC[C@H](NC(=O)OCc1ccccc1)C(=O)NN(c1ccccc1)c1nnnn1Cc1ccccc1. The zero-order valence-corrected chi connectivity index (χ0v) is 22.7. The lowest BCUT2D eigenvalue weighted by Gasteiger charge is -2.28. The molecule has 0 saturated carbocycles. The Morgan fingerprint density at radius 3 is 2.12 bits per heavy atom. The van der Waals surface area contributed by atoms with Gasteiger partial charge in [-0.15, -0.1) is 0 Å². The van der Waals surface area contributed by atoms with Gasteiger partial charge in [0.25, 0.3) is 11.9 Å². The molecule has 1 heterocycles.